The molecule has 0 amide bonds. The van der Waals surface area contributed by atoms with Gasteiger partial charge in [-0.3, -0.25) is 0 Å². The maximum absolute atomic E-state index is 6.05. The van der Waals surface area contributed by atoms with E-state index >= 15 is 0 Å². The van der Waals surface area contributed by atoms with Crippen LogP contribution in [0.25, 0.3) is 0 Å². The Balaban J connectivity index is 1.47. The molecule has 1 saturated heterocycles. The van der Waals surface area contributed by atoms with Gasteiger partial charge in [-0.15, -0.1) is 0 Å². The molecule has 5 nitrogen and oxygen atoms in total. The lowest BCUT2D eigenvalue weighted by Gasteiger charge is -2.62. The lowest BCUT2D eigenvalue weighted by Crippen LogP contribution is -2.60. The zero-order valence-electron chi connectivity index (χ0n) is 17.4. The van der Waals surface area contributed by atoms with Gasteiger partial charge in [0.05, 0.1) is 26.4 Å². The van der Waals surface area contributed by atoms with Gasteiger partial charge in [-0.05, 0) is 55.4 Å². The van der Waals surface area contributed by atoms with Crippen molar-refractivity contribution in [2.45, 2.75) is 52.1 Å². The highest BCUT2D eigenvalue weighted by molar-refractivity contribution is 5.26. The van der Waals surface area contributed by atoms with Gasteiger partial charge < -0.3 is 18.9 Å². The average Bonchev–Trinajstić information content (AvgIpc) is 2.69. The van der Waals surface area contributed by atoms with Crippen molar-refractivity contribution in [2.75, 3.05) is 27.1 Å². The van der Waals surface area contributed by atoms with Gasteiger partial charge in [0, 0.05) is 17.7 Å². The van der Waals surface area contributed by atoms with Gasteiger partial charge >= 0.3 is 0 Å². The van der Waals surface area contributed by atoms with Crippen molar-refractivity contribution in [1.29, 1.82) is 0 Å². The van der Waals surface area contributed by atoms with Crippen LogP contribution in [0.1, 0.15) is 46.0 Å². The van der Waals surface area contributed by atoms with Crippen molar-refractivity contribution < 1.29 is 18.9 Å². The van der Waals surface area contributed by atoms with Crippen LogP contribution in [-0.2, 0) is 9.47 Å². The van der Waals surface area contributed by atoms with Crippen molar-refractivity contribution in [2.24, 2.45) is 22.7 Å². The van der Waals surface area contributed by atoms with E-state index in [9.17, 15) is 0 Å². The van der Waals surface area contributed by atoms with Crippen LogP contribution in [-0.4, -0.2) is 38.2 Å². The van der Waals surface area contributed by atoms with E-state index in [0.717, 1.165) is 31.6 Å². The topological polar surface area (TPSA) is 49.8 Å². The summed E-state index contributed by atoms with van der Waals surface area (Å²) in [6.07, 6.45) is 7.61. The van der Waals surface area contributed by atoms with Crippen LogP contribution >= 0.6 is 0 Å². The predicted octanol–water partition coefficient (Wildman–Crippen LogP) is 4.62. The van der Waals surface area contributed by atoms with Gasteiger partial charge in [-0.1, -0.05) is 26.0 Å². The molecule has 0 spiro atoms. The van der Waals surface area contributed by atoms with Crippen LogP contribution in [0.4, 0.5) is 0 Å². The Kier molecular flexibility index (Phi) is 5.41. The minimum Gasteiger partial charge on any atom is -0.493 e. The third-order valence-corrected chi connectivity index (χ3v) is 7.67. The Labute approximate surface area is 168 Å². The number of pyridine rings is 1. The Morgan fingerprint density at radius 2 is 2.14 bits per heavy atom. The predicted molar refractivity (Wildman–Crippen MR) is 107 cm³/mol. The number of rotatable bonds is 5. The molecule has 1 aromatic rings. The highest BCUT2D eigenvalue weighted by Crippen LogP contribution is 2.62. The van der Waals surface area contributed by atoms with Crippen LogP contribution in [0.2, 0.25) is 0 Å². The third-order valence-electron chi connectivity index (χ3n) is 7.67. The van der Waals surface area contributed by atoms with E-state index in [4.69, 9.17) is 18.9 Å². The van der Waals surface area contributed by atoms with Gasteiger partial charge in [0.2, 0.25) is 5.88 Å². The van der Waals surface area contributed by atoms with Crippen molar-refractivity contribution in [1.82, 2.24) is 4.98 Å². The summed E-state index contributed by atoms with van der Waals surface area (Å²) in [6.45, 7) is 11.2. The first-order valence-corrected chi connectivity index (χ1v) is 10.5. The summed E-state index contributed by atoms with van der Waals surface area (Å²) in [5.41, 5.74) is 1.71. The fourth-order valence-corrected chi connectivity index (χ4v) is 6.25. The summed E-state index contributed by atoms with van der Waals surface area (Å²) >= 11 is 0. The monoisotopic (exact) mass is 387 g/mol. The van der Waals surface area contributed by atoms with E-state index in [-0.39, 0.29) is 10.8 Å². The number of methoxy groups -OCH3 is 1. The number of ether oxygens (including phenoxy) is 4. The van der Waals surface area contributed by atoms with Crippen molar-refractivity contribution in [3.05, 3.63) is 30.5 Å². The molecule has 5 heteroatoms. The highest BCUT2D eigenvalue weighted by atomic mass is 16.7. The van der Waals surface area contributed by atoms with Gasteiger partial charge in [0.25, 0.3) is 0 Å². The number of allylic oxidation sites excluding steroid dienone is 1. The molecule has 28 heavy (non-hydrogen) atoms. The van der Waals surface area contributed by atoms with Crippen molar-refractivity contribution in [3.63, 3.8) is 0 Å². The summed E-state index contributed by atoms with van der Waals surface area (Å²) in [4.78, 5) is 4.14. The van der Waals surface area contributed by atoms with Crippen molar-refractivity contribution in [3.8, 4) is 11.6 Å². The van der Waals surface area contributed by atoms with Gasteiger partial charge in [-0.25, -0.2) is 4.98 Å². The maximum atomic E-state index is 6.05. The zero-order valence-corrected chi connectivity index (χ0v) is 17.4. The number of hydrogen-bond acceptors (Lipinski definition) is 5. The first-order chi connectivity index (χ1) is 13.5. The van der Waals surface area contributed by atoms with E-state index in [0.29, 0.717) is 37.2 Å². The molecule has 3 fully saturated rings. The second kappa shape index (κ2) is 7.68. The number of aromatic nitrogens is 1. The SMILES string of the molecule is C=C1CCC2[C@]3(C)COCO[C@@H]3CC[C@@]2(C)[C@@H]1CCOc1ccnc(OC)c1. The second-order valence-electron chi connectivity index (χ2n) is 9.15. The minimum absolute atomic E-state index is 0.101. The summed E-state index contributed by atoms with van der Waals surface area (Å²) in [7, 11) is 1.62. The Bertz CT molecular complexity index is 722. The molecular weight excluding hydrogens is 354 g/mol. The molecule has 0 aromatic carbocycles. The Hall–Kier alpha value is -1.59. The molecule has 0 radical (unpaired) electrons. The summed E-state index contributed by atoms with van der Waals surface area (Å²) in [6, 6.07) is 3.72. The third kappa shape index (κ3) is 3.33. The lowest BCUT2D eigenvalue weighted by molar-refractivity contribution is -0.260. The molecule has 0 N–H and O–H groups in total. The number of fused-ring (bicyclic) bond motifs is 3. The largest absolute Gasteiger partial charge is 0.493 e. The molecule has 0 bridgehead atoms. The van der Waals surface area contributed by atoms with Crippen LogP contribution in [0.3, 0.4) is 0 Å². The normalized spacial score (nSPS) is 37.7. The Morgan fingerprint density at radius 3 is 2.96 bits per heavy atom. The Morgan fingerprint density at radius 1 is 1.29 bits per heavy atom. The first-order valence-electron chi connectivity index (χ1n) is 10.5. The molecule has 5 atom stereocenters. The fraction of sp³-hybridized carbons (Fsp3) is 0.696. The van der Waals surface area contributed by atoms with E-state index in [2.05, 4.69) is 25.4 Å². The van der Waals surface area contributed by atoms with Gasteiger partial charge in [-0.2, -0.15) is 0 Å². The molecule has 1 unspecified atom stereocenters. The molecule has 2 heterocycles. The van der Waals surface area contributed by atoms with Gasteiger partial charge in [0.1, 0.15) is 12.5 Å². The molecule has 1 aliphatic heterocycles. The molecule has 4 rings (SSSR count). The van der Waals surface area contributed by atoms with E-state index in [1.165, 1.54) is 18.4 Å². The quantitative estimate of drug-likeness (QED) is 0.690. The number of nitrogens with zero attached hydrogens (tertiary/aromatic N) is 1. The molecule has 1 aromatic heterocycles. The smallest absolute Gasteiger partial charge is 0.216 e. The molecular formula is C23H33NO4. The zero-order chi connectivity index (χ0) is 19.8. The minimum atomic E-state index is 0.101. The summed E-state index contributed by atoms with van der Waals surface area (Å²) in [5.74, 6) is 2.44. The molecule has 3 aliphatic rings. The number of hydrogen-bond donors (Lipinski definition) is 0. The highest BCUT2D eigenvalue weighted by Gasteiger charge is 2.59. The first kappa shape index (κ1) is 19.7. The molecule has 2 aliphatic carbocycles. The lowest BCUT2D eigenvalue weighted by atomic mass is 9.46. The van der Waals surface area contributed by atoms with Crippen molar-refractivity contribution >= 4 is 0 Å². The van der Waals surface area contributed by atoms with Crippen LogP contribution in [0.5, 0.6) is 11.6 Å². The fourth-order valence-electron chi connectivity index (χ4n) is 6.25. The standard InChI is InChI=1S/C23H33NO4/c1-16-5-6-19-22(2,10-7-20-23(19,3)14-26-15-28-20)18(16)9-12-27-17-8-11-24-21(13-17)25-4/h8,11,13,18-20H,1,5-7,9-10,12,14-15H2,2-4H3/t18-,19?,20-,22+,23+/m1/s1. The van der Waals surface area contributed by atoms with E-state index in [1.54, 1.807) is 13.3 Å². The summed E-state index contributed by atoms with van der Waals surface area (Å²) < 4.78 is 23.0. The molecule has 2 saturated carbocycles. The van der Waals surface area contributed by atoms with Crippen LogP contribution in [0.15, 0.2) is 30.5 Å². The van der Waals surface area contributed by atoms with E-state index < -0.39 is 0 Å². The van der Waals surface area contributed by atoms with Gasteiger partial charge in [0.15, 0.2) is 0 Å². The van der Waals surface area contributed by atoms with E-state index in [1.807, 2.05) is 12.1 Å². The summed E-state index contributed by atoms with van der Waals surface area (Å²) in [5, 5.41) is 0. The second-order valence-corrected chi connectivity index (χ2v) is 9.15. The van der Waals surface area contributed by atoms with Crippen LogP contribution in [0, 0.1) is 22.7 Å². The van der Waals surface area contributed by atoms with Crippen LogP contribution < -0.4 is 9.47 Å². The molecule has 154 valence electrons. The average molecular weight is 388 g/mol. The maximum Gasteiger partial charge on any atom is 0.216 e.